The molecule has 8 heteroatoms. The predicted octanol–water partition coefficient (Wildman–Crippen LogP) is 3.70. The average Bonchev–Trinajstić information content (AvgIpc) is 2.42. The molecule has 1 N–H and O–H groups in total. The highest BCUT2D eigenvalue weighted by Crippen LogP contribution is 2.43. The zero-order valence-electron chi connectivity index (χ0n) is 14.5. The fourth-order valence-corrected chi connectivity index (χ4v) is 5.89. The van der Waals surface area contributed by atoms with E-state index in [0.717, 1.165) is 5.03 Å². The van der Waals surface area contributed by atoms with E-state index in [1.165, 1.54) is 10.8 Å². The number of β-lactam (4-membered cyclic amide) rings is 1. The normalized spacial score (nSPS) is 23.1. The summed E-state index contributed by atoms with van der Waals surface area (Å²) in [5, 5.41) is 3.99. The Balaban J connectivity index is 1.93. The van der Waals surface area contributed by atoms with Crippen molar-refractivity contribution in [3.05, 3.63) is 18.6 Å². The van der Waals surface area contributed by atoms with E-state index >= 15 is 0 Å². The number of nitrogens with one attached hydrogen (secondary N) is 1. The first-order chi connectivity index (χ1) is 10.6. The Morgan fingerprint density at radius 2 is 2.04 bits per heavy atom. The van der Waals surface area contributed by atoms with E-state index in [0.29, 0.717) is 0 Å². The lowest BCUT2D eigenvalue weighted by Crippen LogP contribution is -2.62. The van der Waals surface area contributed by atoms with Crippen LogP contribution in [0.4, 0.5) is 0 Å². The Morgan fingerprint density at radius 3 is 2.57 bits per heavy atom. The molecule has 2 rings (SSSR count). The predicted molar refractivity (Wildman–Crippen MR) is 98.6 cm³/mol. The minimum atomic E-state index is -1.88. The summed E-state index contributed by atoms with van der Waals surface area (Å²) in [7, 11) is 1.27. The number of nitrogens with zero attached hydrogens (tertiary/aromatic N) is 2. The number of aromatic nitrogens is 2. The van der Waals surface area contributed by atoms with Gasteiger partial charge in [-0.1, -0.05) is 31.6 Å². The zero-order valence-corrected chi connectivity index (χ0v) is 17.1. The van der Waals surface area contributed by atoms with E-state index in [4.69, 9.17) is 4.43 Å². The molecule has 0 spiro atoms. The molecule has 0 aliphatic carbocycles. The van der Waals surface area contributed by atoms with Crippen LogP contribution in [-0.2, 0) is 9.22 Å². The van der Waals surface area contributed by atoms with Crippen LogP contribution in [0.1, 0.15) is 27.7 Å². The molecule has 3 atom stereocenters. The van der Waals surface area contributed by atoms with Crippen molar-refractivity contribution >= 4 is 35.8 Å². The monoisotopic (exact) mass is 371 g/mol. The minimum absolute atomic E-state index is 0.0503. The molecule has 0 radical (unpaired) electrons. The molecule has 0 bridgehead atoms. The summed E-state index contributed by atoms with van der Waals surface area (Å²) in [6.45, 7) is 13.1. The topological polar surface area (TPSA) is 64.1 Å². The first-order valence-electron chi connectivity index (χ1n) is 7.69. The van der Waals surface area contributed by atoms with Crippen molar-refractivity contribution in [1.29, 1.82) is 0 Å². The largest absolute Gasteiger partial charge is 0.413 e. The molecule has 128 valence electrons. The van der Waals surface area contributed by atoms with Gasteiger partial charge >= 0.3 is 0 Å². The van der Waals surface area contributed by atoms with E-state index in [-0.39, 0.29) is 28.3 Å². The van der Waals surface area contributed by atoms with Gasteiger partial charge in [-0.05, 0) is 35.8 Å². The lowest BCUT2D eigenvalue weighted by atomic mass is 9.96. The summed E-state index contributed by atoms with van der Waals surface area (Å²) < 4.78 is 6.39. The Bertz CT molecular complexity index is 551. The molecular weight excluding hydrogens is 346 g/mol. The fraction of sp³-hybridized carbons (Fsp3) is 0.667. The maximum absolute atomic E-state index is 12.0. The van der Waals surface area contributed by atoms with Crippen molar-refractivity contribution in [3.63, 3.8) is 0 Å². The molecule has 5 nitrogen and oxygen atoms in total. The van der Waals surface area contributed by atoms with E-state index in [9.17, 15) is 4.79 Å². The van der Waals surface area contributed by atoms with E-state index in [2.05, 4.69) is 49.1 Å². The highest BCUT2D eigenvalue weighted by atomic mass is 33.1. The third kappa shape index (κ3) is 4.49. The molecule has 0 unspecified atom stereocenters. The maximum atomic E-state index is 12.0. The zero-order chi connectivity index (χ0) is 17.3. The Morgan fingerprint density at radius 1 is 1.35 bits per heavy atom. The molecule has 1 saturated heterocycles. The van der Waals surface area contributed by atoms with Crippen LogP contribution in [0.3, 0.4) is 0 Å². The molecule has 1 amide bonds. The number of rotatable bonds is 6. The number of amides is 1. The van der Waals surface area contributed by atoms with Crippen LogP contribution in [-0.4, -0.2) is 35.7 Å². The van der Waals surface area contributed by atoms with Crippen molar-refractivity contribution in [2.45, 2.75) is 62.3 Å². The second kappa shape index (κ2) is 7.12. The Hall–Kier alpha value is -0.573. The van der Waals surface area contributed by atoms with Gasteiger partial charge in [-0.3, -0.25) is 9.78 Å². The van der Waals surface area contributed by atoms with Gasteiger partial charge in [-0.25, -0.2) is 4.98 Å². The van der Waals surface area contributed by atoms with Crippen LogP contribution < -0.4 is 5.32 Å². The van der Waals surface area contributed by atoms with Gasteiger partial charge < -0.3 is 9.74 Å². The van der Waals surface area contributed by atoms with Crippen LogP contribution in [0.2, 0.25) is 18.1 Å². The summed E-state index contributed by atoms with van der Waals surface area (Å²) in [5.41, 5.74) is 0. The summed E-state index contributed by atoms with van der Waals surface area (Å²) in [6.07, 6.45) is 4.97. The van der Waals surface area contributed by atoms with Crippen molar-refractivity contribution in [1.82, 2.24) is 15.3 Å². The molecule has 0 saturated carbocycles. The van der Waals surface area contributed by atoms with Crippen LogP contribution in [0, 0.1) is 5.92 Å². The third-order valence-electron chi connectivity index (χ3n) is 4.48. The molecular formula is C15H25N3O2S2Si. The minimum Gasteiger partial charge on any atom is -0.413 e. The number of hydrogen-bond acceptors (Lipinski definition) is 6. The Labute approximate surface area is 147 Å². The van der Waals surface area contributed by atoms with Gasteiger partial charge in [-0.15, -0.1) is 0 Å². The summed E-state index contributed by atoms with van der Waals surface area (Å²) >= 11 is 0. The molecule has 23 heavy (non-hydrogen) atoms. The van der Waals surface area contributed by atoms with Crippen molar-refractivity contribution in [2.75, 3.05) is 0 Å². The highest BCUT2D eigenvalue weighted by molar-refractivity contribution is 8.76. The molecule has 1 aliphatic rings. The SMILES string of the molecule is C[C@@H](O[Si](C)(C)C(C)(C)C)[C@H]1C(=O)N[C@@H]1SSc1cnccn1. The molecule has 1 aliphatic heterocycles. The van der Waals surface area contributed by atoms with Crippen molar-refractivity contribution in [3.8, 4) is 0 Å². The van der Waals surface area contributed by atoms with Gasteiger partial charge in [0.2, 0.25) is 5.91 Å². The molecule has 1 fully saturated rings. The molecule has 1 aromatic heterocycles. The standard InChI is InChI=1S/C15H25N3O2S2Si/c1-10(20-23(5,6)15(2,3)4)12-13(19)18-14(12)22-21-11-9-16-7-8-17-11/h7-10,12,14H,1-6H3,(H,18,19)/t10-,12+,14-/m1/s1. The van der Waals surface area contributed by atoms with Gasteiger partial charge in [0.15, 0.2) is 8.32 Å². The number of carbonyl (C=O) groups is 1. The average molecular weight is 372 g/mol. The molecule has 2 heterocycles. The fourth-order valence-electron chi connectivity index (χ4n) is 2.06. The maximum Gasteiger partial charge on any atom is 0.229 e. The second-order valence-corrected chi connectivity index (χ2v) is 14.4. The number of hydrogen-bond donors (Lipinski definition) is 1. The van der Waals surface area contributed by atoms with Gasteiger partial charge in [-0.2, -0.15) is 0 Å². The van der Waals surface area contributed by atoms with Gasteiger partial charge in [0.25, 0.3) is 0 Å². The van der Waals surface area contributed by atoms with Gasteiger partial charge in [0.05, 0.1) is 23.6 Å². The Kier molecular flexibility index (Phi) is 5.81. The van der Waals surface area contributed by atoms with Gasteiger partial charge in [0.1, 0.15) is 5.03 Å². The van der Waals surface area contributed by atoms with Crippen LogP contribution >= 0.6 is 21.6 Å². The number of carbonyl (C=O) groups excluding carboxylic acids is 1. The first-order valence-corrected chi connectivity index (χ1v) is 12.8. The van der Waals surface area contributed by atoms with E-state index in [1.807, 2.05) is 6.92 Å². The van der Waals surface area contributed by atoms with Crippen LogP contribution in [0.5, 0.6) is 0 Å². The van der Waals surface area contributed by atoms with Crippen LogP contribution in [0.15, 0.2) is 23.6 Å². The van der Waals surface area contributed by atoms with Crippen molar-refractivity contribution in [2.24, 2.45) is 5.92 Å². The lowest BCUT2D eigenvalue weighted by molar-refractivity contribution is -0.136. The van der Waals surface area contributed by atoms with E-state index in [1.54, 1.807) is 29.4 Å². The summed E-state index contributed by atoms with van der Waals surface area (Å²) in [5.74, 6) is -0.0354. The lowest BCUT2D eigenvalue weighted by Gasteiger charge is -2.44. The third-order valence-corrected chi connectivity index (χ3v) is 11.6. The second-order valence-electron chi connectivity index (χ2n) is 7.26. The van der Waals surface area contributed by atoms with Crippen molar-refractivity contribution < 1.29 is 9.22 Å². The highest BCUT2D eigenvalue weighted by Gasteiger charge is 2.47. The smallest absolute Gasteiger partial charge is 0.229 e. The summed E-state index contributed by atoms with van der Waals surface area (Å²) in [6, 6.07) is 0. The quantitative estimate of drug-likeness (QED) is 0.467. The molecule has 0 aromatic carbocycles. The molecule has 1 aromatic rings. The van der Waals surface area contributed by atoms with Gasteiger partial charge in [0, 0.05) is 12.4 Å². The first kappa shape index (κ1) is 18.8. The summed E-state index contributed by atoms with van der Waals surface area (Å²) in [4.78, 5) is 20.3. The van der Waals surface area contributed by atoms with Crippen LogP contribution in [0.25, 0.3) is 0 Å². The van der Waals surface area contributed by atoms with E-state index < -0.39 is 8.32 Å².